The van der Waals surface area contributed by atoms with E-state index in [0.717, 1.165) is 13.0 Å². The van der Waals surface area contributed by atoms with Crippen molar-refractivity contribution in [2.75, 3.05) is 26.7 Å². The molecule has 1 unspecified atom stereocenters. The highest BCUT2D eigenvalue weighted by molar-refractivity contribution is 5.71. The lowest BCUT2D eigenvalue weighted by Gasteiger charge is -2.33. The molecule has 19 heavy (non-hydrogen) atoms. The van der Waals surface area contributed by atoms with E-state index in [1.165, 1.54) is 38.5 Å². The van der Waals surface area contributed by atoms with E-state index in [-0.39, 0.29) is 17.7 Å². The predicted molar refractivity (Wildman–Crippen MR) is 74.1 cm³/mol. The van der Waals surface area contributed by atoms with Gasteiger partial charge in [-0.05, 0) is 39.7 Å². The monoisotopic (exact) mass is 269 g/mol. The van der Waals surface area contributed by atoms with E-state index in [4.69, 9.17) is 9.47 Å². The third kappa shape index (κ3) is 4.18. The first-order valence-corrected chi connectivity index (χ1v) is 7.65. The van der Waals surface area contributed by atoms with Gasteiger partial charge in [0.25, 0.3) is 0 Å². The number of nitrogens with zero attached hydrogens (tertiary/aromatic N) is 1. The molecule has 1 aliphatic heterocycles. The minimum absolute atomic E-state index is 0.143. The molecule has 1 saturated heterocycles. The van der Waals surface area contributed by atoms with Gasteiger partial charge in [0.15, 0.2) is 0 Å². The Morgan fingerprint density at radius 2 is 2.05 bits per heavy atom. The molecule has 0 amide bonds. The average Bonchev–Trinajstić information content (AvgIpc) is 2.73. The van der Waals surface area contributed by atoms with E-state index >= 15 is 0 Å². The van der Waals surface area contributed by atoms with Crippen molar-refractivity contribution < 1.29 is 14.3 Å². The summed E-state index contributed by atoms with van der Waals surface area (Å²) >= 11 is 0. The third-order valence-electron chi connectivity index (χ3n) is 4.32. The summed E-state index contributed by atoms with van der Waals surface area (Å²) in [6.45, 7) is 3.49. The van der Waals surface area contributed by atoms with Crippen molar-refractivity contribution in [1.82, 2.24) is 4.90 Å². The number of ether oxygens (including phenoxy) is 2. The van der Waals surface area contributed by atoms with Crippen LogP contribution in [-0.2, 0) is 14.3 Å². The molecular formula is C15H27NO3. The van der Waals surface area contributed by atoms with Crippen LogP contribution in [0.3, 0.4) is 0 Å². The maximum absolute atomic E-state index is 11.4. The lowest BCUT2D eigenvalue weighted by Crippen LogP contribution is -2.37. The smallest absolute Gasteiger partial charge is 0.320 e. The molecule has 110 valence electrons. The van der Waals surface area contributed by atoms with Crippen LogP contribution in [0.2, 0.25) is 0 Å². The molecule has 2 fully saturated rings. The molecule has 1 spiro atoms. The minimum Gasteiger partial charge on any atom is -0.465 e. The third-order valence-corrected chi connectivity index (χ3v) is 4.32. The molecule has 1 aliphatic carbocycles. The van der Waals surface area contributed by atoms with Crippen molar-refractivity contribution in [2.24, 2.45) is 0 Å². The first-order chi connectivity index (χ1) is 9.13. The van der Waals surface area contributed by atoms with E-state index in [0.29, 0.717) is 13.2 Å². The summed E-state index contributed by atoms with van der Waals surface area (Å²) in [5, 5.41) is 0. The molecule has 4 nitrogen and oxygen atoms in total. The van der Waals surface area contributed by atoms with E-state index in [9.17, 15) is 4.79 Å². The maximum atomic E-state index is 11.4. The van der Waals surface area contributed by atoms with Gasteiger partial charge >= 0.3 is 5.97 Å². The topological polar surface area (TPSA) is 38.8 Å². The van der Waals surface area contributed by atoms with Crippen LogP contribution in [0.4, 0.5) is 0 Å². The van der Waals surface area contributed by atoms with Crippen molar-refractivity contribution in [1.29, 1.82) is 0 Å². The van der Waals surface area contributed by atoms with Crippen LogP contribution in [0, 0.1) is 0 Å². The fraction of sp³-hybridized carbons (Fsp3) is 0.933. The van der Waals surface area contributed by atoms with E-state index < -0.39 is 0 Å². The number of likely N-dealkylation sites (N-methyl/N-ethyl adjacent to an activating group) is 1. The van der Waals surface area contributed by atoms with Crippen LogP contribution < -0.4 is 0 Å². The van der Waals surface area contributed by atoms with Gasteiger partial charge in [-0.1, -0.05) is 19.3 Å². The SMILES string of the molecule is CCOC(=O)CN(C)CC1CCC2(CCCCC2)O1. The molecule has 0 bridgehead atoms. The van der Waals surface area contributed by atoms with Crippen LogP contribution in [-0.4, -0.2) is 49.3 Å². The minimum atomic E-state index is -0.143. The number of hydrogen-bond acceptors (Lipinski definition) is 4. The van der Waals surface area contributed by atoms with Gasteiger partial charge in [-0.3, -0.25) is 9.69 Å². The zero-order valence-corrected chi connectivity index (χ0v) is 12.3. The molecule has 0 radical (unpaired) electrons. The Morgan fingerprint density at radius 3 is 2.74 bits per heavy atom. The Kier molecular flexibility index (Phi) is 5.22. The van der Waals surface area contributed by atoms with Crippen molar-refractivity contribution in [2.45, 2.75) is 63.6 Å². The summed E-state index contributed by atoms with van der Waals surface area (Å²) in [7, 11) is 1.96. The van der Waals surface area contributed by atoms with Gasteiger partial charge < -0.3 is 9.47 Å². The Hall–Kier alpha value is -0.610. The molecule has 0 aromatic heterocycles. The van der Waals surface area contributed by atoms with Gasteiger partial charge in [0.05, 0.1) is 24.9 Å². The van der Waals surface area contributed by atoms with Crippen molar-refractivity contribution in [3.05, 3.63) is 0 Å². The molecule has 2 aliphatic rings. The second-order valence-corrected chi connectivity index (χ2v) is 6.02. The lowest BCUT2D eigenvalue weighted by molar-refractivity contribution is -0.144. The van der Waals surface area contributed by atoms with E-state index in [2.05, 4.69) is 0 Å². The van der Waals surface area contributed by atoms with Crippen LogP contribution in [0.25, 0.3) is 0 Å². The Morgan fingerprint density at radius 1 is 1.32 bits per heavy atom. The molecule has 0 aromatic carbocycles. The number of esters is 1. The highest BCUT2D eigenvalue weighted by atomic mass is 16.5. The number of hydrogen-bond donors (Lipinski definition) is 0. The highest BCUT2D eigenvalue weighted by Gasteiger charge is 2.40. The zero-order valence-electron chi connectivity index (χ0n) is 12.3. The molecule has 1 saturated carbocycles. The molecule has 1 heterocycles. The van der Waals surface area contributed by atoms with E-state index in [1.54, 1.807) is 0 Å². The Balaban J connectivity index is 1.73. The number of rotatable bonds is 5. The summed E-state index contributed by atoms with van der Waals surface area (Å²) in [4.78, 5) is 13.4. The Bertz CT molecular complexity index is 300. The molecule has 1 atom stereocenters. The average molecular weight is 269 g/mol. The molecular weight excluding hydrogens is 242 g/mol. The van der Waals surface area contributed by atoms with Gasteiger partial charge in [0, 0.05) is 6.54 Å². The summed E-state index contributed by atoms with van der Waals surface area (Å²) in [6.07, 6.45) is 9.06. The standard InChI is InChI=1S/C15H27NO3/c1-3-18-14(17)12-16(2)11-13-7-10-15(19-13)8-5-4-6-9-15/h13H,3-12H2,1-2H3. The van der Waals surface area contributed by atoms with Gasteiger partial charge in [0.1, 0.15) is 0 Å². The first kappa shape index (κ1) is 14.8. The largest absolute Gasteiger partial charge is 0.465 e. The second kappa shape index (κ2) is 6.71. The summed E-state index contributed by atoms with van der Waals surface area (Å²) < 4.78 is 11.3. The fourth-order valence-electron chi connectivity index (χ4n) is 3.43. The molecule has 2 rings (SSSR count). The van der Waals surface area contributed by atoms with Gasteiger partial charge in [-0.2, -0.15) is 0 Å². The van der Waals surface area contributed by atoms with Crippen molar-refractivity contribution in [3.8, 4) is 0 Å². The summed E-state index contributed by atoms with van der Waals surface area (Å²) in [5.41, 5.74) is 0.174. The van der Waals surface area contributed by atoms with E-state index in [1.807, 2.05) is 18.9 Å². The quantitative estimate of drug-likeness (QED) is 0.718. The van der Waals surface area contributed by atoms with Gasteiger partial charge in [-0.15, -0.1) is 0 Å². The van der Waals surface area contributed by atoms with Crippen LogP contribution in [0.15, 0.2) is 0 Å². The summed E-state index contributed by atoms with van der Waals surface area (Å²) in [5.74, 6) is -0.143. The Labute approximate surface area is 116 Å². The lowest BCUT2D eigenvalue weighted by atomic mass is 9.83. The summed E-state index contributed by atoms with van der Waals surface area (Å²) in [6, 6.07) is 0. The predicted octanol–water partition coefficient (Wildman–Crippen LogP) is 2.36. The van der Waals surface area contributed by atoms with Gasteiger partial charge in [-0.25, -0.2) is 0 Å². The fourth-order valence-corrected chi connectivity index (χ4v) is 3.43. The van der Waals surface area contributed by atoms with Crippen molar-refractivity contribution >= 4 is 5.97 Å². The molecule has 0 aromatic rings. The van der Waals surface area contributed by atoms with Crippen LogP contribution in [0.5, 0.6) is 0 Å². The highest BCUT2D eigenvalue weighted by Crippen LogP contribution is 2.41. The maximum Gasteiger partial charge on any atom is 0.320 e. The zero-order chi connectivity index (χ0) is 13.7. The number of carbonyl (C=O) groups is 1. The number of carbonyl (C=O) groups excluding carboxylic acids is 1. The van der Waals surface area contributed by atoms with Crippen molar-refractivity contribution in [3.63, 3.8) is 0 Å². The molecule has 0 N–H and O–H groups in total. The molecule has 4 heteroatoms. The normalized spacial score (nSPS) is 25.9. The van der Waals surface area contributed by atoms with Crippen LogP contribution >= 0.6 is 0 Å². The van der Waals surface area contributed by atoms with Gasteiger partial charge in [0.2, 0.25) is 0 Å². The van der Waals surface area contributed by atoms with Crippen LogP contribution in [0.1, 0.15) is 51.9 Å². The first-order valence-electron chi connectivity index (χ1n) is 7.65. The second-order valence-electron chi connectivity index (χ2n) is 6.02.